The van der Waals surface area contributed by atoms with Gasteiger partial charge in [0.1, 0.15) is 0 Å². The molecule has 2 unspecified atom stereocenters. The Morgan fingerprint density at radius 3 is 3.16 bits per heavy atom. The van der Waals surface area contributed by atoms with Gasteiger partial charge < -0.3 is 10.1 Å². The molecule has 3 heterocycles. The maximum absolute atomic E-state index is 5.58. The van der Waals surface area contributed by atoms with Gasteiger partial charge >= 0.3 is 0 Å². The second kappa shape index (κ2) is 6.18. The zero-order valence-corrected chi connectivity index (χ0v) is 12.7. The summed E-state index contributed by atoms with van der Waals surface area (Å²) in [5.74, 6) is 0. The number of hydrogen-bond donors (Lipinski definition) is 1. The van der Waals surface area contributed by atoms with Gasteiger partial charge in [0.25, 0.3) is 0 Å². The van der Waals surface area contributed by atoms with Gasteiger partial charge in [0.2, 0.25) is 0 Å². The molecule has 0 aromatic carbocycles. The van der Waals surface area contributed by atoms with Crippen molar-refractivity contribution in [1.82, 2.24) is 5.32 Å². The summed E-state index contributed by atoms with van der Waals surface area (Å²) in [7, 11) is 0. The standard InChI is InChI=1S/C15H19NOS2/c1-11-7-13(4-5-17-11)16-9-14-8-12(10-19-14)15-3-2-6-18-15/h2-3,6,8,10-11,13,16H,4-5,7,9H2,1H3. The van der Waals surface area contributed by atoms with E-state index < -0.39 is 0 Å². The highest BCUT2D eigenvalue weighted by Crippen LogP contribution is 2.29. The molecule has 102 valence electrons. The molecule has 1 fully saturated rings. The molecule has 0 spiro atoms. The van der Waals surface area contributed by atoms with Crippen molar-refractivity contribution in [2.24, 2.45) is 0 Å². The van der Waals surface area contributed by atoms with Crippen molar-refractivity contribution in [2.75, 3.05) is 6.61 Å². The van der Waals surface area contributed by atoms with Crippen LogP contribution in [-0.2, 0) is 11.3 Å². The van der Waals surface area contributed by atoms with Gasteiger partial charge in [-0.05, 0) is 42.7 Å². The van der Waals surface area contributed by atoms with E-state index in [4.69, 9.17) is 4.74 Å². The number of rotatable bonds is 4. The summed E-state index contributed by atoms with van der Waals surface area (Å²) < 4.78 is 5.58. The third kappa shape index (κ3) is 3.45. The molecular weight excluding hydrogens is 274 g/mol. The van der Waals surface area contributed by atoms with Crippen LogP contribution in [0.15, 0.2) is 29.0 Å². The van der Waals surface area contributed by atoms with E-state index in [9.17, 15) is 0 Å². The second-order valence-electron chi connectivity index (χ2n) is 5.06. The van der Waals surface area contributed by atoms with Gasteiger partial charge in [-0.15, -0.1) is 22.7 Å². The molecule has 19 heavy (non-hydrogen) atoms. The molecule has 0 amide bonds. The molecule has 2 atom stereocenters. The highest BCUT2D eigenvalue weighted by Gasteiger charge is 2.18. The van der Waals surface area contributed by atoms with Gasteiger partial charge in [-0.25, -0.2) is 0 Å². The molecule has 0 aliphatic carbocycles. The molecule has 0 radical (unpaired) electrons. The molecule has 3 rings (SSSR count). The van der Waals surface area contributed by atoms with Crippen LogP contribution in [-0.4, -0.2) is 18.8 Å². The lowest BCUT2D eigenvalue weighted by molar-refractivity contribution is 0.0131. The zero-order valence-electron chi connectivity index (χ0n) is 11.1. The van der Waals surface area contributed by atoms with Crippen LogP contribution in [0.1, 0.15) is 24.6 Å². The average Bonchev–Trinajstić information content (AvgIpc) is 3.07. The lowest BCUT2D eigenvalue weighted by Crippen LogP contribution is -2.37. The van der Waals surface area contributed by atoms with Crippen molar-refractivity contribution in [3.8, 4) is 10.4 Å². The van der Waals surface area contributed by atoms with E-state index in [-0.39, 0.29) is 0 Å². The number of thiophene rings is 2. The van der Waals surface area contributed by atoms with Crippen LogP contribution in [0.3, 0.4) is 0 Å². The minimum absolute atomic E-state index is 0.399. The van der Waals surface area contributed by atoms with E-state index in [2.05, 4.69) is 41.2 Å². The molecule has 1 aliphatic heterocycles. The number of hydrogen-bond acceptors (Lipinski definition) is 4. The first-order valence-corrected chi connectivity index (χ1v) is 8.53. The molecule has 1 N–H and O–H groups in total. The number of ether oxygens (including phenoxy) is 1. The molecule has 0 saturated carbocycles. The molecule has 0 bridgehead atoms. The summed E-state index contributed by atoms with van der Waals surface area (Å²) in [4.78, 5) is 2.78. The summed E-state index contributed by atoms with van der Waals surface area (Å²) >= 11 is 3.66. The average molecular weight is 293 g/mol. The maximum Gasteiger partial charge on any atom is 0.0561 e. The largest absolute Gasteiger partial charge is 0.378 e. The summed E-state index contributed by atoms with van der Waals surface area (Å²) in [6.45, 7) is 4.03. The van der Waals surface area contributed by atoms with Crippen LogP contribution in [0.2, 0.25) is 0 Å². The lowest BCUT2D eigenvalue weighted by atomic mass is 10.0. The fraction of sp³-hybridized carbons (Fsp3) is 0.467. The summed E-state index contributed by atoms with van der Waals surface area (Å²) in [5, 5.41) is 8.05. The van der Waals surface area contributed by atoms with Crippen LogP contribution >= 0.6 is 22.7 Å². The Morgan fingerprint density at radius 2 is 2.37 bits per heavy atom. The van der Waals surface area contributed by atoms with E-state index in [1.165, 1.54) is 15.3 Å². The van der Waals surface area contributed by atoms with E-state index in [0.29, 0.717) is 12.1 Å². The van der Waals surface area contributed by atoms with Crippen molar-refractivity contribution in [3.63, 3.8) is 0 Å². The summed E-state index contributed by atoms with van der Waals surface area (Å²) in [6, 6.07) is 7.21. The number of nitrogens with one attached hydrogen (secondary N) is 1. The molecular formula is C15H19NOS2. The van der Waals surface area contributed by atoms with Crippen molar-refractivity contribution >= 4 is 22.7 Å². The fourth-order valence-electron chi connectivity index (χ4n) is 2.47. The Hall–Kier alpha value is -0.680. The van der Waals surface area contributed by atoms with Crippen molar-refractivity contribution in [2.45, 2.75) is 38.5 Å². The Labute approximate surface area is 122 Å². The van der Waals surface area contributed by atoms with Crippen LogP contribution in [0.25, 0.3) is 10.4 Å². The zero-order chi connectivity index (χ0) is 13.1. The maximum atomic E-state index is 5.58. The first-order chi connectivity index (χ1) is 9.31. The Bertz CT molecular complexity index is 506. The topological polar surface area (TPSA) is 21.3 Å². The lowest BCUT2D eigenvalue weighted by Gasteiger charge is -2.27. The van der Waals surface area contributed by atoms with E-state index in [0.717, 1.165) is 26.0 Å². The van der Waals surface area contributed by atoms with Crippen molar-refractivity contribution in [1.29, 1.82) is 0 Å². The van der Waals surface area contributed by atoms with Crippen LogP contribution in [0, 0.1) is 0 Å². The Balaban J connectivity index is 1.56. The molecule has 1 aliphatic rings. The van der Waals surface area contributed by atoms with E-state index in [1.54, 1.807) is 11.3 Å². The van der Waals surface area contributed by atoms with Crippen LogP contribution in [0.5, 0.6) is 0 Å². The van der Waals surface area contributed by atoms with E-state index in [1.807, 2.05) is 11.3 Å². The Kier molecular flexibility index (Phi) is 4.33. The highest BCUT2D eigenvalue weighted by atomic mass is 32.1. The minimum atomic E-state index is 0.399. The van der Waals surface area contributed by atoms with E-state index >= 15 is 0 Å². The first kappa shape index (κ1) is 13.3. The molecule has 2 aromatic rings. The Morgan fingerprint density at radius 1 is 1.42 bits per heavy atom. The minimum Gasteiger partial charge on any atom is -0.378 e. The second-order valence-corrected chi connectivity index (χ2v) is 7.01. The smallest absolute Gasteiger partial charge is 0.0561 e. The molecule has 2 nitrogen and oxygen atoms in total. The van der Waals surface area contributed by atoms with Crippen LogP contribution < -0.4 is 5.32 Å². The summed E-state index contributed by atoms with van der Waals surface area (Å²) in [5.41, 5.74) is 1.36. The fourth-order valence-corrected chi connectivity index (χ4v) is 4.10. The quantitative estimate of drug-likeness (QED) is 0.915. The third-order valence-electron chi connectivity index (χ3n) is 3.51. The molecule has 1 saturated heterocycles. The third-order valence-corrected chi connectivity index (χ3v) is 5.37. The monoisotopic (exact) mass is 293 g/mol. The van der Waals surface area contributed by atoms with Gasteiger partial charge in [0.05, 0.1) is 6.10 Å². The van der Waals surface area contributed by atoms with Crippen LogP contribution in [0.4, 0.5) is 0 Å². The highest BCUT2D eigenvalue weighted by molar-refractivity contribution is 7.14. The SMILES string of the molecule is CC1CC(NCc2cc(-c3cccs3)cs2)CCO1. The predicted octanol–water partition coefficient (Wildman–Crippen LogP) is 4.13. The molecule has 4 heteroatoms. The normalized spacial score (nSPS) is 23.6. The predicted molar refractivity (Wildman–Crippen MR) is 82.9 cm³/mol. The van der Waals surface area contributed by atoms with Gasteiger partial charge in [-0.1, -0.05) is 6.07 Å². The van der Waals surface area contributed by atoms with Gasteiger partial charge in [-0.2, -0.15) is 0 Å². The van der Waals surface area contributed by atoms with Crippen molar-refractivity contribution in [3.05, 3.63) is 33.8 Å². The van der Waals surface area contributed by atoms with Gasteiger partial charge in [0, 0.05) is 34.5 Å². The van der Waals surface area contributed by atoms with Gasteiger partial charge in [0.15, 0.2) is 0 Å². The van der Waals surface area contributed by atoms with Gasteiger partial charge in [-0.3, -0.25) is 0 Å². The summed E-state index contributed by atoms with van der Waals surface area (Å²) in [6.07, 6.45) is 2.66. The molecule has 2 aromatic heterocycles. The first-order valence-electron chi connectivity index (χ1n) is 6.77. The van der Waals surface area contributed by atoms with Crippen molar-refractivity contribution < 1.29 is 4.74 Å².